The average molecular weight is 672 g/mol. The van der Waals surface area contributed by atoms with E-state index in [-0.39, 0.29) is 23.0 Å². The minimum Gasteiger partial charge on any atom is -0.481 e. The lowest BCUT2D eigenvalue weighted by Gasteiger charge is -2.56. The molecule has 9 nitrogen and oxygen atoms in total. The molecule has 12 heteroatoms. The Labute approximate surface area is 282 Å². The molecule has 2 aliphatic carbocycles. The summed E-state index contributed by atoms with van der Waals surface area (Å²) in [5.74, 6) is 1.64. The second-order valence-corrected chi connectivity index (χ2v) is 15.3. The fourth-order valence-electron chi connectivity index (χ4n) is 8.79. The molecule has 0 bridgehead atoms. The van der Waals surface area contributed by atoms with Crippen molar-refractivity contribution in [3.63, 3.8) is 0 Å². The van der Waals surface area contributed by atoms with Crippen molar-refractivity contribution >= 4 is 39.5 Å². The van der Waals surface area contributed by atoms with Crippen LogP contribution in [0.4, 0.5) is 24.9 Å². The monoisotopic (exact) mass is 671 g/mol. The molecule has 2 aromatic carbocycles. The van der Waals surface area contributed by atoms with Crippen LogP contribution in [0.25, 0.3) is 32.9 Å². The van der Waals surface area contributed by atoms with Gasteiger partial charge in [-0.2, -0.15) is 23.3 Å². The molecule has 3 saturated heterocycles. The summed E-state index contributed by atoms with van der Waals surface area (Å²) in [6.45, 7) is 8.82. The quantitative estimate of drug-likeness (QED) is 0.214. The van der Waals surface area contributed by atoms with Crippen molar-refractivity contribution in [3.05, 3.63) is 48.2 Å². The lowest BCUT2D eigenvalue weighted by Crippen LogP contribution is -2.61. The number of likely N-dealkylation sites (tertiary alicyclic amines) is 1. The SMILES string of the molecule is C=CC(=O)N1CC2(CCN(c3nc(N4CC5(CCC5)C4)nc4c(OCC(F)(F)F)c(-c5c(C)ccc6[nH]ncc56)c(C5CC5)cc34)CC2)C1. The Morgan fingerprint density at radius 3 is 2.41 bits per heavy atom. The summed E-state index contributed by atoms with van der Waals surface area (Å²) < 4.78 is 47.9. The van der Waals surface area contributed by atoms with Crippen molar-refractivity contribution < 1.29 is 22.7 Å². The number of carbonyl (C=O) groups excluding carboxylic acids is 1. The second-order valence-electron chi connectivity index (χ2n) is 15.3. The molecule has 0 unspecified atom stereocenters. The number of nitrogens with one attached hydrogen (secondary N) is 1. The third-order valence-electron chi connectivity index (χ3n) is 11.8. The number of nitrogens with zero attached hydrogens (tertiary/aromatic N) is 6. The highest BCUT2D eigenvalue weighted by Gasteiger charge is 2.49. The summed E-state index contributed by atoms with van der Waals surface area (Å²) in [4.78, 5) is 28.8. The lowest BCUT2D eigenvalue weighted by molar-refractivity contribution is -0.153. The molecule has 5 aliphatic rings. The number of fused-ring (bicyclic) bond motifs is 2. The number of amides is 1. The minimum absolute atomic E-state index is 0.0329. The number of aromatic amines is 1. The Hall–Kier alpha value is -4.35. The van der Waals surface area contributed by atoms with Crippen LogP contribution in [0.3, 0.4) is 0 Å². The number of benzene rings is 2. The van der Waals surface area contributed by atoms with Crippen molar-refractivity contribution in [3.8, 4) is 16.9 Å². The molecule has 2 spiro atoms. The predicted molar refractivity (Wildman–Crippen MR) is 182 cm³/mol. The molecule has 49 heavy (non-hydrogen) atoms. The molecule has 0 atom stereocenters. The maximum Gasteiger partial charge on any atom is 0.422 e. The Morgan fingerprint density at radius 2 is 1.76 bits per heavy atom. The Morgan fingerprint density at radius 1 is 1.02 bits per heavy atom. The van der Waals surface area contributed by atoms with E-state index in [0.29, 0.717) is 22.4 Å². The van der Waals surface area contributed by atoms with Crippen LogP contribution in [0.5, 0.6) is 5.75 Å². The second kappa shape index (κ2) is 10.8. The summed E-state index contributed by atoms with van der Waals surface area (Å²) in [5.41, 5.74) is 5.02. The Kier molecular flexibility index (Phi) is 6.78. The van der Waals surface area contributed by atoms with Crippen molar-refractivity contribution in [2.75, 3.05) is 55.7 Å². The van der Waals surface area contributed by atoms with Gasteiger partial charge in [-0.3, -0.25) is 9.89 Å². The predicted octanol–water partition coefficient (Wildman–Crippen LogP) is 6.91. The van der Waals surface area contributed by atoms with Crippen LogP contribution in [0.15, 0.2) is 37.1 Å². The van der Waals surface area contributed by atoms with E-state index in [1.807, 2.05) is 24.0 Å². The Bertz CT molecular complexity index is 1990. The molecule has 5 heterocycles. The molecule has 1 amide bonds. The number of piperidine rings is 1. The highest BCUT2D eigenvalue weighted by molar-refractivity contribution is 6.06. The minimum atomic E-state index is -4.53. The zero-order valence-corrected chi connectivity index (χ0v) is 27.7. The van der Waals surface area contributed by atoms with E-state index >= 15 is 0 Å². The van der Waals surface area contributed by atoms with E-state index in [4.69, 9.17) is 14.7 Å². The molecular formula is C37H40F3N7O2. The van der Waals surface area contributed by atoms with Gasteiger partial charge in [-0.25, -0.2) is 4.98 Å². The van der Waals surface area contributed by atoms with Crippen LogP contribution in [0.2, 0.25) is 0 Å². The summed E-state index contributed by atoms with van der Waals surface area (Å²) in [6, 6.07) is 6.07. The number of hydrogen-bond donors (Lipinski definition) is 1. The van der Waals surface area contributed by atoms with E-state index in [1.54, 1.807) is 6.20 Å². The normalized spacial score (nSPS) is 21.2. The van der Waals surface area contributed by atoms with E-state index in [1.165, 1.54) is 25.3 Å². The average Bonchev–Trinajstić information content (AvgIpc) is 3.76. The zero-order valence-electron chi connectivity index (χ0n) is 27.7. The lowest BCUT2D eigenvalue weighted by atomic mass is 9.64. The van der Waals surface area contributed by atoms with Gasteiger partial charge in [0.1, 0.15) is 11.3 Å². The van der Waals surface area contributed by atoms with Gasteiger partial charge >= 0.3 is 6.18 Å². The Balaban J connectivity index is 1.21. The number of hydrogen-bond acceptors (Lipinski definition) is 7. The van der Waals surface area contributed by atoms with E-state index in [0.717, 1.165) is 104 Å². The third-order valence-corrected chi connectivity index (χ3v) is 11.8. The van der Waals surface area contributed by atoms with Gasteiger partial charge in [-0.05, 0) is 86.3 Å². The number of aryl methyl sites for hydroxylation is 1. The first-order chi connectivity index (χ1) is 23.5. The number of carbonyl (C=O) groups is 1. The van der Waals surface area contributed by atoms with Crippen LogP contribution < -0.4 is 14.5 Å². The van der Waals surface area contributed by atoms with Gasteiger partial charge in [0.05, 0.1) is 11.7 Å². The number of alkyl halides is 3. The molecule has 5 fully saturated rings. The highest BCUT2D eigenvalue weighted by Crippen LogP contribution is 2.54. The van der Waals surface area contributed by atoms with Crippen molar-refractivity contribution in [1.82, 2.24) is 25.1 Å². The molecule has 9 rings (SSSR count). The summed E-state index contributed by atoms with van der Waals surface area (Å²) in [7, 11) is 0. The first-order valence-corrected chi connectivity index (χ1v) is 17.5. The third kappa shape index (κ3) is 5.12. The fourth-order valence-corrected chi connectivity index (χ4v) is 8.79. The van der Waals surface area contributed by atoms with Crippen molar-refractivity contribution in [2.24, 2.45) is 10.8 Å². The summed E-state index contributed by atoms with van der Waals surface area (Å²) >= 11 is 0. The summed E-state index contributed by atoms with van der Waals surface area (Å²) in [5, 5.41) is 8.89. The van der Waals surface area contributed by atoms with Crippen molar-refractivity contribution in [1.29, 1.82) is 0 Å². The van der Waals surface area contributed by atoms with Crippen LogP contribution >= 0.6 is 0 Å². The van der Waals surface area contributed by atoms with Crippen LogP contribution in [0.1, 0.15) is 62.0 Å². The molecule has 256 valence electrons. The molecule has 1 N–H and O–H groups in total. The number of halogens is 3. The maximum atomic E-state index is 14.0. The number of H-pyrrole nitrogens is 1. The molecule has 0 radical (unpaired) electrons. The molecule has 4 aromatic rings. The van der Waals surface area contributed by atoms with E-state index < -0.39 is 12.8 Å². The van der Waals surface area contributed by atoms with Gasteiger partial charge in [0.15, 0.2) is 12.4 Å². The largest absolute Gasteiger partial charge is 0.481 e. The first kappa shape index (κ1) is 30.7. The summed E-state index contributed by atoms with van der Waals surface area (Å²) in [6.07, 6.45) is 5.88. The van der Waals surface area contributed by atoms with Crippen molar-refractivity contribution in [2.45, 2.75) is 64.0 Å². The maximum absolute atomic E-state index is 14.0. The fraction of sp³-hybridized carbons (Fsp3) is 0.514. The molecule has 2 saturated carbocycles. The topological polar surface area (TPSA) is 90.5 Å². The zero-order chi connectivity index (χ0) is 33.7. The van der Waals surface area contributed by atoms with E-state index in [9.17, 15) is 18.0 Å². The van der Waals surface area contributed by atoms with E-state index in [2.05, 4.69) is 32.6 Å². The molecular weight excluding hydrogens is 631 g/mol. The van der Waals surface area contributed by atoms with Gasteiger partial charge in [0.25, 0.3) is 0 Å². The van der Waals surface area contributed by atoms with Gasteiger partial charge in [0.2, 0.25) is 11.9 Å². The highest BCUT2D eigenvalue weighted by atomic mass is 19.4. The number of ether oxygens (including phenoxy) is 1. The number of rotatable bonds is 7. The smallest absolute Gasteiger partial charge is 0.422 e. The van der Waals surface area contributed by atoms with Crippen LogP contribution in [-0.4, -0.2) is 83.0 Å². The molecule has 3 aliphatic heterocycles. The van der Waals surface area contributed by atoms with Gasteiger partial charge in [0, 0.05) is 66.4 Å². The number of aromatic nitrogens is 4. The van der Waals surface area contributed by atoms with Gasteiger partial charge in [-0.15, -0.1) is 0 Å². The first-order valence-electron chi connectivity index (χ1n) is 17.5. The molecule has 2 aromatic heterocycles. The van der Waals surface area contributed by atoms with Crippen LogP contribution in [0, 0.1) is 17.8 Å². The number of anilines is 2. The van der Waals surface area contributed by atoms with Gasteiger partial charge < -0.3 is 19.4 Å². The van der Waals surface area contributed by atoms with Crippen LogP contribution in [-0.2, 0) is 4.79 Å². The standard InChI is InChI=1S/C37H40F3N7O2/c1-3-28(48)46-17-36(18-46)11-13-45(14-12-36)33-25-15-24(23-6-7-23)30(29-22(2)5-8-27-26(29)16-41-44-27)32(49-21-37(38,39)40)31(25)42-34(43-33)47-19-35(20-47)9-4-10-35/h3,5,8,15-16,23H,1,4,6-7,9-14,17-21H2,2H3,(H,41,44). The van der Waals surface area contributed by atoms with Gasteiger partial charge in [-0.1, -0.05) is 19.1 Å².